The van der Waals surface area contributed by atoms with Gasteiger partial charge >= 0.3 is 0 Å². The third-order valence-corrected chi connectivity index (χ3v) is 2.12. The number of nitrogens with two attached hydrogens (primary N) is 1. The summed E-state index contributed by atoms with van der Waals surface area (Å²) in [6.07, 6.45) is 2.19. The van der Waals surface area contributed by atoms with Crippen molar-refractivity contribution in [2.45, 2.75) is 6.42 Å². The Kier molecular flexibility index (Phi) is 6.10. The summed E-state index contributed by atoms with van der Waals surface area (Å²) in [7, 11) is 1.76. The molecule has 0 rings (SSSR count). The maximum Gasteiger partial charge on any atom is 0.229 e. The smallest absolute Gasteiger partial charge is 0.229 e. The first kappa shape index (κ1) is 11.7. The van der Waals surface area contributed by atoms with E-state index in [2.05, 4.69) is 12.2 Å². The van der Waals surface area contributed by atoms with Crippen LogP contribution in [0.5, 0.6) is 0 Å². The van der Waals surface area contributed by atoms with Gasteiger partial charge in [0.15, 0.2) is 0 Å². The van der Waals surface area contributed by atoms with E-state index in [1.165, 1.54) is 0 Å². The summed E-state index contributed by atoms with van der Waals surface area (Å²) in [5, 5.41) is 0. The number of thioether (sulfide) groups is 1. The van der Waals surface area contributed by atoms with Gasteiger partial charge in [-0.1, -0.05) is 12.2 Å². The van der Waals surface area contributed by atoms with Crippen molar-refractivity contribution in [1.82, 2.24) is 4.90 Å². The second kappa shape index (κ2) is 6.25. The molecule has 0 saturated heterocycles. The predicted molar refractivity (Wildman–Crippen MR) is 57.4 cm³/mol. The Balaban J connectivity index is 3.69. The number of rotatable bonds is 5. The molecule has 0 radical (unpaired) electrons. The summed E-state index contributed by atoms with van der Waals surface area (Å²) in [5.41, 5.74) is 5.24. The van der Waals surface area contributed by atoms with Gasteiger partial charge in [-0.25, -0.2) is 0 Å². The number of thiocarbonyl (C=S) groups is 1. The van der Waals surface area contributed by atoms with E-state index in [1.807, 2.05) is 6.26 Å². The van der Waals surface area contributed by atoms with Gasteiger partial charge in [0.2, 0.25) is 5.91 Å². The van der Waals surface area contributed by atoms with Gasteiger partial charge in [-0.2, -0.15) is 11.8 Å². The fourth-order valence-electron chi connectivity index (χ4n) is 0.637. The van der Waals surface area contributed by atoms with Gasteiger partial charge in [0, 0.05) is 19.3 Å². The van der Waals surface area contributed by atoms with Crippen LogP contribution >= 0.6 is 24.0 Å². The molecular weight excluding hydrogens is 192 g/mol. The van der Waals surface area contributed by atoms with Gasteiger partial charge in [-0.05, 0) is 6.26 Å². The lowest BCUT2D eigenvalue weighted by Crippen LogP contribution is -2.31. The molecule has 1 amide bonds. The number of carbonyl (C=O) groups excluding carboxylic acids is 1. The maximum absolute atomic E-state index is 11.2. The third-order valence-electron chi connectivity index (χ3n) is 1.38. The molecule has 0 atom stereocenters. The van der Waals surface area contributed by atoms with Crippen molar-refractivity contribution in [3.05, 3.63) is 0 Å². The summed E-state index contributed by atoms with van der Waals surface area (Å²) in [4.78, 5) is 13.1. The summed E-state index contributed by atoms with van der Waals surface area (Å²) in [5.74, 6) is 0.941. The third kappa shape index (κ3) is 5.37. The minimum atomic E-state index is -0.00319. The molecule has 0 spiro atoms. The van der Waals surface area contributed by atoms with Gasteiger partial charge in [0.1, 0.15) is 0 Å². The Labute approximate surface area is 82.7 Å². The first-order chi connectivity index (χ1) is 5.57. The fourth-order valence-corrected chi connectivity index (χ4v) is 1.22. The highest BCUT2D eigenvalue weighted by atomic mass is 32.2. The molecule has 0 fully saturated rings. The van der Waals surface area contributed by atoms with Crippen LogP contribution in [0.3, 0.4) is 0 Å². The van der Waals surface area contributed by atoms with Gasteiger partial charge in [-0.3, -0.25) is 4.79 Å². The van der Waals surface area contributed by atoms with E-state index in [4.69, 9.17) is 5.73 Å². The average Bonchev–Trinajstić information content (AvgIpc) is 1.98. The molecule has 0 saturated carbocycles. The highest BCUT2D eigenvalue weighted by Gasteiger charge is 2.08. The molecule has 2 N–H and O–H groups in total. The highest BCUT2D eigenvalue weighted by Crippen LogP contribution is 1.96. The van der Waals surface area contributed by atoms with Gasteiger partial charge in [0.25, 0.3) is 0 Å². The van der Waals surface area contributed by atoms with Crippen molar-refractivity contribution in [2.75, 3.05) is 25.6 Å². The summed E-state index contributed by atoms with van der Waals surface area (Å²) < 4.78 is 0. The van der Waals surface area contributed by atoms with E-state index in [-0.39, 0.29) is 17.3 Å². The van der Waals surface area contributed by atoms with E-state index in [0.29, 0.717) is 0 Å². The van der Waals surface area contributed by atoms with E-state index < -0.39 is 0 Å². The molecule has 5 heteroatoms. The van der Waals surface area contributed by atoms with Gasteiger partial charge < -0.3 is 10.6 Å². The van der Waals surface area contributed by atoms with Crippen molar-refractivity contribution in [1.29, 1.82) is 0 Å². The zero-order chi connectivity index (χ0) is 9.56. The lowest BCUT2D eigenvalue weighted by molar-refractivity contribution is -0.128. The lowest BCUT2D eigenvalue weighted by atomic mass is 10.4. The van der Waals surface area contributed by atoms with Crippen molar-refractivity contribution in [3.63, 3.8) is 0 Å². The molecule has 0 bridgehead atoms. The van der Waals surface area contributed by atoms with Crippen molar-refractivity contribution in [2.24, 2.45) is 5.73 Å². The zero-order valence-electron chi connectivity index (χ0n) is 7.37. The number of hydrogen-bond acceptors (Lipinski definition) is 3. The van der Waals surface area contributed by atoms with Crippen LogP contribution in [0.25, 0.3) is 0 Å². The van der Waals surface area contributed by atoms with Gasteiger partial charge in [-0.15, -0.1) is 0 Å². The lowest BCUT2D eigenvalue weighted by Gasteiger charge is -2.15. The molecule has 0 aromatic rings. The normalized spacial score (nSPS) is 9.50. The summed E-state index contributed by atoms with van der Waals surface area (Å²) >= 11 is 6.34. The first-order valence-electron chi connectivity index (χ1n) is 3.59. The SMILES string of the molecule is CSCCN(C)C(=O)CC(N)=S. The summed E-state index contributed by atoms with van der Waals surface area (Å²) in [6, 6.07) is 0. The van der Waals surface area contributed by atoms with Crippen LogP contribution in [0, 0.1) is 0 Å². The molecule has 12 heavy (non-hydrogen) atoms. The molecule has 0 aliphatic carbocycles. The molecule has 0 heterocycles. The average molecular weight is 206 g/mol. The van der Waals surface area contributed by atoms with Crippen LogP contribution in [0.4, 0.5) is 0 Å². The van der Waals surface area contributed by atoms with E-state index in [9.17, 15) is 4.79 Å². The zero-order valence-corrected chi connectivity index (χ0v) is 9.00. The number of nitrogens with zero attached hydrogens (tertiary/aromatic N) is 1. The van der Waals surface area contributed by atoms with Crippen molar-refractivity contribution in [3.8, 4) is 0 Å². The topological polar surface area (TPSA) is 46.3 Å². The van der Waals surface area contributed by atoms with Crippen LogP contribution in [-0.4, -0.2) is 41.4 Å². The van der Waals surface area contributed by atoms with E-state index in [0.717, 1.165) is 12.3 Å². The van der Waals surface area contributed by atoms with Crippen LogP contribution in [0.1, 0.15) is 6.42 Å². The standard InChI is InChI=1S/C7H14N2OS2/c1-9(3-4-12-2)7(10)5-6(8)11/h3-5H2,1-2H3,(H2,8,11). The minimum absolute atomic E-state index is 0.00319. The molecule has 0 aliphatic rings. The molecule has 0 aliphatic heterocycles. The molecular formula is C7H14N2OS2. The largest absolute Gasteiger partial charge is 0.393 e. The van der Waals surface area contributed by atoms with Gasteiger partial charge in [0.05, 0.1) is 11.4 Å². The van der Waals surface area contributed by atoms with E-state index >= 15 is 0 Å². The molecule has 3 nitrogen and oxygen atoms in total. The fraction of sp³-hybridized carbons (Fsp3) is 0.714. The Morgan fingerprint density at radius 1 is 1.67 bits per heavy atom. The Morgan fingerprint density at radius 2 is 2.25 bits per heavy atom. The quantitative estimate of drug-likeness (QED) is 0.665. The number of amides is 1. The Morgan fingerprint density at radius 3 is 2.67 bits per heavy atom. The molecule has 0 aromatic carbocycles. The number of carbonyl (C=O) groups is 1. The van der Waals surface area contributed by atoms with Crippen molar-refractivity contribution >= 4 is 34.9 Å². The summed E-state index contributed by atoms with van der Waals surface area (Å²) in [6.45, 7) is 0.753. The molecule has 0 aromatic heterocycles. The predicted octanol–water partition coefficient (Wildman–Crippen LogP) is 0.484. The van der Waals surface area contributed by atoms with Crippen LogP contribution in [-0.2, 0) is 4.79 Å². The second-order valence-electron chi connectivity index (χ2n) is 2.45. The van der Waals surface area contributed by atoms with Crippen molar-refractivity contribution < 1.29 is 4.79 Å². The second-order valence-corrected chi connectivity index (χ2v) is 3.96. The maximum atomic E-state index is 11.2. The monoisotopic (exact) mass is 206 g/mol. The Bertz CT molecular complexity index is 173. The minimum Gasteiger partial charge on any atom is -0.393 e. The highest BCUT2D eigenvalue weighted by molar-refractivity contribution is 7.98. The molecule has 0 unspecified atom stereocenters. The number of hydrogen-bond donors (Lipinski definition) is 1. The van der Waals surface area contributed by atoms with Crippen LogP contribution in [0.15, 0.2) is 0 Å². The van der Waals surface area contributed by atoms with E-state index in [1.54, 1.807) is 23.7 Å². The Hall–Kier alpha value is -0.290. The van der Waals surface area contributed by atoms with Crippen LogP contribution < -0.4 is 5.73 Å². The first-order valence-corrected chi connectivity index (χ1v) is 5.39. The molecule has 70 valence electrons. The van der Waals surface area contributed by atoms with Crippen LogP contribution in [0.2, 0.25) is 0 Å².